The molecule has 0 fully saturated rings. The summed E-state index contributed by atoms with van der Waals surface area (Å²) in [5.74, 6) is 0.549. The normalized spacial score (nSPS) is 11.8. The van der Waals surface area contributed by atoms with Crippen LogP contribution in [0.25, 0.3) is 0 Å². The number of azo groups is 1. The number of nitrogens with zero attached hydrogens (tertiary/aromatic N) is 2. The van der Waals surface area contributed by atoms with Crippen LogP contribution in [-0.2, 0) is 14.3 Å². The first kappa shape index (κ1) is 20.9. The van der Waals surface area contributed by atoms with Crippen LogP contribution in [0, 0.1) is 0 Å². The number of methoxy groups -OCH3 is 2. The maximum absolute atomic E-state index is 11.3. The second-order valence-electron chi connectivity index (χ2n) is 5.58. The van der Waals surface area contributed by atoms with Crippen molar-refractivity contribution in [3.05, 3.63) is 55.1 Å². The van der Waals surface area contributed by atoms with Crippen molar-refractivity contribution in [2.75, 3.05) is 27.4 Å². The van der Waals surface area contributed by atoms with Gasteiger partial charge in [0, 0.05) is 19.3 Å². The lowest BCUT2D eigenvalue weighted by atomic mass is 10.3. The van der Waals surface area contributed by atoms with E-state index in [1.54, 1.807) is 30.3 Å². The van der Waals surface area contributed by atoms with Gasteiger partial charge in [-0.3, -0.25) is 0 Å². The average Bonchev–Trinajstić information content (AvgIpc) is 2.71. The van der Waals surface area contributed by atoms with Gasteiger partial charge in [-0.25, -0.2) is 4.79 Å². The Morgan fingerprint density at radius 1 is 1.14 bits per heavy atom. The maximum atomic E-state index is 11.3. The summed E-state index contributed by atoms with van der Waals surface area (Å²) in [6, 6.07) is 11.5. The standard InChI is InChI=1S/C20H22N2O6/c1-4-20(24)28-17(12-25-2)13-27-16-8-5-14(6-9-16)21-22-18-10-7-15(23)11-19(18)26-3/h4-11,17,23H,1,12-13H2,2-3H3. The fourth-order valence-electron chi connectivity index (χ4n) is 2.17. The van der Waals surface area contributed by atoms with Gasteiger partial charge in [0.2, 0.25) is 0 Å². The number of carbonyl (C=O) groups excluding carboxylic acids is 1. The lowest BCUT2D eigenvalue weighted by molar-refractivity contribution is -0.147. The molecule has 0 aliphatic carbocycles. The summed E-state index contributed by atoms with van der Waals surface area (Å²) in [5.41, 5.74) is 1.10. The molecule has 2 aromatic carbocycles. The van der Waals surface area contributed by atoms with E-state index in [4.69, 9.17) is 18.9 Å². The Bertz CT molecular complexity index is 820. The smallest absolute Gasteiger partial charge is 0.330 e. The molecule has 2 rings (SSSR count). The van der Waals surface area contributed by atoms with Crippen molar-refractivity contribution in [1.82, 2.24) is 0 Å². The molecule has 0 spiro atoms. The summed E-state index contributed by atoms with van der Waals surface area (Å²) in [7, 11) is 3.00. The highest BCUT2D eigenvalue weighted by Crippen LogP contribution is 2.32. The van der Waals surface area contributed by atoms with E-state index < -0.39 is 12.1 Å². The van der Waals surface area contributed by atoms with Crippen LogP contribution in [0.15, 0.2) is 65.3 Å². The van der Waals surface area contributed by atoms with E-state index in [1.165, 1.54) is 26.4 Å². The van der Waals surface area contributed by atoms with Crippen molar-refractivity contribution >= 4 is 17.3 Å². The largest absolute Gasteiger partial charge is 0.508 e. The van der Waals surface area contributed by atoms with E-state index in [2.05, 4.69) is 16.8 Å². The van der Waals surface area contributed by atoms with Gasteiger partial charge in [0.25, 0.3) is 0 Å². The third kappa shape index (κ3) is 6.40. The number of hydrogen-bond donors (Lipinski definition) is 1. The number of esters is 1. The molecule has 0 bridgehead atoms. The first-order valence-electron chi connectivity index (χ1n) is 8.39. The second-order valence-corrected chi connectivity index (χ2v) is 5.58. The number of carbonyl (C=O) groups is 1. The number of rotatable bonds is 10. The van der Waals surface area contributed by atoms with Crippen LogP contribution in [-0.4, -0.2) is 44.6 Å². The minimum absolute atomic E-state index is 0.0860. The van der Waals surface area contributed by atoms with Gasteiger partial charge in [0.15, 0.2) is 6.10 Å². The molecule has 0 aliphatic heterocycles. The van der Waals surface area contributed by atoms with Gasteiger partial charge in [-0.2, -0.15) is 5.11 Å². The highest BCUT2D eigenvalue weighted by molar-refractivity contribution is 5.81. The number of phenolic OH excluding ortho intramolecular Hbond substituents is 1. The molecule has 8 heteroatoms. The summed E-state index contributed by atoms with van der Waals surface area (Å²) >= 11 is 0. The molecule has 0 aliphatic rings. The summed E-state index contributed by atoms with van der Waals surface area (Å²) in [6.45, 7) is 3.71. The number of aromatic hydroxyl groups is 1. The molecule has 0 amide bonds. The van der Waals surface area contributed by atoms with Crippen molar-refractivity contribution in [2.45, 2.75) is 6.10 Å². The fourth-order valence-corrected chi connectivity index (χ4v) is 2.17. The molecule has 0 aromatic heterocycles. The van der Waals surface area contributed by atoms with Crippen LogP contribution in [0.3, 0.4) is 0 Å². The molecule has 0 heterocycles. The molecule has 0 radical (unpaired) electrons. The Hall–Kier alpha value is -3.39. The average molecular weight is 386 g/mol. The Balaban J connectivity index is 1.97. The van der Waals surface area contributed by atoms with E-state index in [0.29, 0.717) is 22.9 Å². The van der Waals surface area contributed by atoms with Crippen molar-refractivity contribution in [3.63, 3.8) is 0 Å². The van der Waals surface area contributed by atoms with E-state index >= 15 is 0 Å². The van der Waals surface area contributed by atoms with Gasteiger partial charge in [-0.15, -0.1) is 5.11 Å². The zero-order chi connectivity index (χ0) is 20.4. The fraction of sp³-hybridized carbons (Fsp3) is 0.250. The van der Waals surface area contributed by atoms with Gasteiger partial charge in [-0.1, -0.05) is 6.58 Å². The lowest BCUT2D eigenvalue weighted by Gasteiger charge is -2.16. The topological polar surface area (TPSA) is 98.9 Å². The number of benzene rings is 2. The second kappa shape index (κ2) is 10.7. The van der Waals surface area contributed by atoms with Gasteiger partial charge in [-0.05, 0) is 36.4 Å². The van der Waals surface area contributed by atoms with Crippen LogP contribution in [0.4, 0.5) is 11.4 Å². The van der Waals surface area contributed by atoms with E-state index in [9.17, 15) is 9.90 Å². The third-order valence-corrected chi connectivity index (χ3v) is 3.51. The Morgan fingerprint density at radius 2 is 1.89 bits per heavy atom. The maximum Gasteiger partial charge on any atom is 0.330 e. The van der Waals surface area contributed by atoms with E-state index in [1.807, 2.05) is 0 Å². The number of hydrogen-bond acceptors (Lipinski definition) is 8. The molecule has 2 aromatic rings. The Kier molecular flexibility index (Phi) is 7.98. The number of ether oxygens (including phenoxy) is 4. The van der Waals surface area contributed by atoms with Crippen molar-refractivity contribution < 1.29 is 28.8 Å². The van der Waals surface area contributed by atoms with Crippen molar-refractivity contribution in [3.8, 4) is 17.2 Å². The van der Waals surface area contributed by atoms with E-state index in [0.717, 1.165) is 6.08 Å². The first-order chi connectivity index (χ1) is 13.5. The minimum Gasteiger partial charge on any atom is -0.508 e. The molecule has 1 unspecified atom stereocenters. The van der Waals surface area contributed by atoms with Crippen molar-refractivity contribution in [2.24, 2.45) is 10.2 Å². The van der Waals surface area contributed by atoms with Gasteiger partial charge < -0.3 is 24.1 Å². The zero-order valence-electron chi connectivity index (χ0n) is 15.7. The molecular formula is C20H22N2O6. The highest BCUT2D eigenvalue weighted by atomic mass is 16.6. The minimum atomic E-state index is -0.545. The molecular weight excluding hydrogens is 364 g/mol. The van der Waals surface area contributed by atoms with Crippen LogP contribution in [0.5, 0.6) is 17.2 Å². The monoisotopic (exact) mass is 386 g/mol. The van der Waals surface area contributed by atoms with Gasteiger partial charge >= 0.3 is 5.97 Å². The Labute approximate surface area is 163 Å². The van der Waals surface area contributed by atoms with Gasteiger partial charge in [0.1, 0.15) is 29.5 Å². The predicted molar refractivity (Wildman–Crippen MR) is 103 cm³/mol. The summed E-state index contributed by atoms with van der Waals surface area (Å²) in [6.07, 6.45) is 0.544. The molecule has 148 valence electrons. The zero-order valence-corrected chi connectivity index (χ0v) is 15.7. The highest BCUT2D eigenvalue weighted by Gasteiger charge is 2.13. The van der Waals surface area contributed by atoms with E-state index in [-0.39, 0.29) is 19.0 Å². The third-order valence-electron chi connectivity index (χ3n) is 3.51. The SMILES string of the molecule is C=CC(=O)OC(COC)COc1ccc(N=Nc2ccc(O)cc2OC)cc1. The molecule has 8 nitrogen and oxygen atoms in total. The van der Waals surface area contributed by atoms with Crippen LogP contribution in [0.1, 0.15) is 0 Å². The molecule has 1 atom stereocenters. The van der Waals surface area contributed by atoms with Crippen LogP contribution >= 0.6 is 0 Å². The summed E-state index contributed by atoms with van der Waals surface area (Å²) in [4.78, 5) is 11.3. The van der Waals surface area contributed by atoms with Crippen molar-refractivity contribution in [1.29, 1.82) is 0 Å². The first-order valence-corrected chi connectivity index (χ1v) is 8.39. The summed E-state index contributed by atoms with van der Waals surface area (Å²) < 4.78 is 20.9. The van der Waals surface area contributed by atoms with Gasteiger partial charge in [0.05, 0.1) is 19.4 Å². The predicted octanol–water partition coefficient (Wildman–Crippen LogP) is 3.94. The molecule has 28 heavy (non-hydrogen) atoms. The number of phenols is 1. The van der Waals surface area contributed by atoms with Crippen LogP contribution < -0.4 is 9.47 Å². The molecule has 1 N–H and O–H groups in total. The quantitative estimate of drug-likeness (QED) is 0.377. The lowest BCUT2D eigenvalue weighted by Crippen LogP contribution is -2.28. The molecule has 0 saturated heterocycles. The summed E-state index contributed by atoms with van der Waals surface area (Å²) in [5, 5.41) is 17.7. The van der Waals surface area contributed by atoms with Crippen LogP contribution in [0.2, 0.25) is 0 Å². The molecule has 0 saturated carbocycles. The Morgan fingerprint density at radius 3 is 2.54 bits per heavy atom.